The number of hydrogen-bond acceptors (Lipinski definition) is 6. The third kappa shape index (κ3) is 3.57. The zero-order chi connectivity index (χ0) is 20.5. The maximum absolute atomic E-state index is 12.7. The molecule has 2 aromatic carbocycles. The van der Waals surface area contributed by atoms with Crippen molar-refractivity contribution in [2.75, 3.05) is 10.7 Å². The normalized spacial score (nSPS) is 13.5. The number of carbonyl (C=O) groups is 2. The monoisotopic (exact) mass is 419 g/mol. The summed E-state index contributed by atoms with van der Waals surface area (Å²) in [5.74, 6) is 1.17. The molecule has 1 N–H and O–H groups in total. The van der Waals surface area contributed by atoms with E-state index in [1.807, 2.05) is 30.3 Å². The lowest BCUT2D eigenvalue weighted by Crippen LogP contribution is -2.35. The van der Waals surface area contributed by atoms with E-state index in [2.05, 4.69) is 10.3 Å². The van der Waals surface area contributed by atoms with Crippen LogP contribution in [-0.2, 0) is 17.9 Å². The number of oxazole rings is 1. The highest BCUT2D eigenvalue weighted by Crippen LogP contribution is 2.37. The fourth-order valence-electron chi connectivity index (χ4n) is 3.32. The number of nitrogens with zero attached hydrogens (tertiary/aromatic N) is 2. The second-order valence-electron chi connectivity index (χ2n) is 6.79. The van der Waals surface area contributed by atoms with Gasteiger partial charge in [-0.05, 0) is 42.5 Å². The zero-order valence-electron chi connectivity index (χ0n) is 15.8. The summed E-state index contributed by atoms with van der Waals surface area (Å²) in [6, 6.07) is 16.4. The van der Waals surface area contributed by atoms with Crippen molar-refractivity contribution in [2.45, 2.75) is 18.0 Å². The van der Waals surface area contributed by atoms with Gasteiger partial charge >= 0.3 is 0 Å². The van der Waals surface area contributed by atoms with Crippen LogP contribution in [-0.4, -0.2) is 22.6 Å². The molecule has 5 rings (SSSR count). The fraction of sp³-hybridized carbons (Fsp3) is 0.136. The van der Waals surface area contributed by atoms with Gasteiger partial charge in [-0.1, -0.05) is 12.1 Å². The summed E-state index contributed by atoms with van der Waals surface area (Å²) in [6.07, 6.45) is 1.56. The molecule has 0 saturated heterocycles. The largest absolute Gasteiger partial charge is 0.467 e. The molecule has 150 valence electrons. The third-order valence-corrected chi connectivity index (χ3v) is 5.85. The van der Waals surface area contributed by atoms with Crippen LogP contribution in [0.3, 0.4) is 0 Å². The number of benzene rings is 2. The van der Waals surface area contributed by atoms with Crippen LogP contribution in [0.1, 0.15) is 22.0 Å². The molecule has 8 heteroatoms. The summed E-state index contributed by atoms with van der Waals surface area (Å²) in [5.41, 5.74) is 2.58. The minimum atomic E-state index is -0.237. The average Bonchev–Trinajstić information content (AvgIpc) is 3.43. The quantitative estimate of drug-likeness (QED) is 0.526. The van der Waals surface area contributed by atoms with E-state index in [1.54, 1.807) is 35.4 Å². The SMILES string of the molecule is O=C(NCc1ccco1)c1ccc2c(c1)N(Cc1nc3ccccc3o1)C(=O)CS2. The molecule has 2 amide bonds. The fourth-order valence-corrected chi connectivity index (χ4v) is 4.24. The molecule has 30 heavy (non-hydrogen) atoms. The Morgan fingerprint density at radius 3 is 2.90 bits per heavy atom. The van der Waals surface area contributed by atoms with Crippen LogP contribution in [0.2, 0.25) is 0 Å². The summed E-state index contributed by atoms with van der Waals surface area (Å²) < 4.78 is 11.0. The van der Waals surface area contributed by atoms with E-state index in [4.69, 9.17) is 8.83 Å². The number of para-hydroxylation sites is 2. The van der Waals surface area contributed by atoms with Crippen LogP contribution in [0.15, 0.2) is 74.6 Å². The van der Waals surface area contributed by atoms with Crippen LogP contribution >= 0.6 is 11.8 Å². The highest BCUT2D eigenvalue weighted by molar-refractivity contribution is 8.00. The lowest BCUT2D eigenvalue weighted by atomic mass is 10.1. The van der Waals surface area contributed by atoms with Crippen molar-refractivity contribution in [3.63, 3.8) is 0 Å². The summed E-state index contributed by atoms with van der Waals surface area (Å²) in [5, 5.41) is 2.83. The number of anilines is 1. The first-order valence-corrected chi connectivity index (χ1v) is 10.4. The molecule has 0 radical (unpaired) electrons. The zero-order valence-corrected chi connectivity index (χ0v) is 16.6. The van der Waals surface area contributed by atoms with Crippen molar-refractivity contribution in [3.05, 3.63) is 78.1 Å². The smallest absolute Gasteiger partial charge is 0.251 e. The first kappa shape index (κ1) is 18.5. The molecule has 0 fully saturated rings. The Morgan fingerprint density at radius 1 is 1.17 bits per heavy atom. The third-order valence-electron chi connectivity index (χ3n) is 4.80. The minimum Gasteiger partial charge on any atom is -0.467 e. The first-order chi connectivity index (χ1) is 14.7. The Morgan fingerprint density at radius 2 is 2.07 bits per heavy atom. The van der Waals surface area contributed by atoms with Crippen molar-refractivity contribution in [3.8, 4) is 0 Å². The second kappa shape index (κ2) is 7.72. The predicted molar refractivity (Wildman–Crippen MR) is 112 cm³/mol. The summed E-state index contributed by atoms with van der Waals surface area (Å²) >= 11 is 1.46. The number of amides is 2. The Hall–Kier alpha value is -3.52. The molecule has 0 atom stereocenters. The van der Waals surface area contributed by atoms with E-state index in [-0.39, 0.29) is 18.4 Å². The van der Waals surface area contributed by atoms with Gasteiger partial charge in [-0.25, -0.2) is 4.98 Å². The standard InChI is InChI=1S/C22H17N3O4S/c26-21-13-30-19-8-7-14(22(27)23-11-15-4-3-9-28-15)10-17(19)25(21)12-20-24-16-5-1-2-6-18(16)29-20/h1-10H,11-13H2,(H,23,27). The Labute approximate surface area is 176 Å². The van der Waals surface area contributed by atoms with Crippen LogP contribution in [0.4, 0.5) is 5.69 Å². The molecular formula is C22H17N3O4S. The van der Waals surface area contributed by atoms with Crippen molar-refractivity contribution >= 4 is 40.4 Å². The summed E-state index contributed by atoms with van der Waals surface area (Å²) in [6.45, 7) is 0.502. The molecular weight excluding hydrogens is 402 g/mol. The molecule has 1 aliphatic rings. The van der Waals surface area contributed by atoms with Gasteiger partial charge in [0.25, 0.3) is 5.91 Å². The number of carbonyl (C=O) groups excluding carboxylic acids is 2. The van der Waals surface area contributed by atoms with Crippen molar-refractivity contribution < 1.29 is 18.4 Å². The van der Waals surface area contributed by atoms with E-state index in [0.717, 1.165) is 10.4 Å². The van der Waals surface area contributed by atoms with E-state index in [1.165, 1.54) is 11.8 Å². The number of aromatic nitrogens is 1. The van der Waals surface area contributed by atoms with Crippen molar-refractivity contribution in [1.82, 2.24) is 10.3 Å². The Bertz CT molecular complexity index is 1200. The highest BCUT2D eigenvalue weighted by atomic mass is 32.2. The topological polar surface area (TPSA) is 88.6 Å². The lowest BCUT2D eigenvalue weighted by molar-refractivity contribution is -0.116. The summed E-state index contributed by atoms with van der Waals surface area (Å²) in [7, 11) is 0. The van der Waals surface area contributed by atoms with Gasteiger partial charge in [0.1, 0.15) is 17.8 Å². The molecule has 3 heterocycles. The lowest BCUT2D eigenvalue weighted by Gasteiger charge is -2.28. The molecule has 1 aliphatic heterocycles. The first-order valence-electron chi connectivity index (χ1n) is 9.39. The van der Waals surface area contributed by atoms with Gasteiger partial charge in [0.15, 0.2) is 5.58 Å². The Balaban J connectivity index is 1.40. The van der Waals surface area contributed by atoms with Crippen LogP contribution in [0, 0.1) is 0 Å². The van der Waals surface area contributed by atoms with Gasteiger partial charge in [0.05, 0.1) is 24.2 Å². The van der Waals surface area contributed by atoms with E-state index >= 15 is 0 Å². The molecule has 0 saturated carbocycles. The molecule has 0 aliphatic carbocycles. The number of rotatable bonds is 5. The highest BCUT2D eigenvalue weighted by Gasteiger charge is 2.27. The van der Waals surface area contributed by atoms with Gasteiger partial charge in [0, 0.05) is 10.5 Å². The average molecular weight is 419 g/mol. The van der Waals surface area contributed by atoms with E-state index in [9.17, 15) is 9.59 Å². The predicted octanol–water partition coefficient (Wildman–Crippen LogP) is 3.99. The van der Waals surface area contributed by atoms with Crippen LogP contribution < -0.4 is 10.2 Å². The minimum absolute atomic E-state index is 0.0529. The molecule has 0 bridgehead atoms. The number of furan rings is 1. The Kier molecular flexibility index (Phi) is 4.76. The van der Waals surface area contributed by atoms with Crippen LogP contribution in [0.5, 0.6) is 0 Å². The number of fused-ring (bicyclic) bond motifs is 2. The van der Waals surface area contributed by atoms with Crippen molar-refractivity contribution in [2.24, 2.45) is 0 Å². The van der Waals surface area contributed by atoms with E-state index < -0.39 is 0 Å². The molecule has 0 unspecified atom stereocenters. The van der Waals surface area contributed by atoms with Crippen molar-refractivity contribution in [1.29, 1.82) is 0 Å². The summed E-state index contributed by atoms with van der Waals surface area (Å²) in [4.78, 5) is 32.3. The maximum Gasteiger partial charge on any atom is 0.251 e. The second-order valence-corrected chi connectivity index (χ2v) is 7.81. The van der Waals surface area contributed by atoms with Gasteiger partial charge in [0.2, 0.25) is 11.8 Å². The number of hydrogen-bond donors (Lipinski definition) is 1. The molecule has 2 aromatic heterocycles. The van der Waals surface area contributed by atoms with Crippen LogP contribution in [0.25, 0.3) is 11.1 Å². The van der Waals surface area contributed by atoms with Gasteiger partial charge in [-0.2, -0.15) is 0 Å². The number of thioether (sulfide) groups is 1. The van der Waals surface area contributed by atoms with E-state index in [0.29, 0.717) is 40.8 Å². The molecule has 4 aromatic rings. The maximum atomic E-state index is 12.7. The molecule has 0 spiro atoms. The number of nitrogens with one attached hydrogen (secondary N) is 1. The van der Waals surface area contributed by atoms with Gasteiger partial charge in [-0.3, -0.25) is 9.59 Å². The van der Waals surface area contributed by atoms with Gasteiger partial charge in [-0.15, -0.1) is 11.8 Å². The van der Waals surface area contributed by atoms with Gasteiger partial charge < -0.3 is 19.1 Å². The molecule has 7 nitrogen and oxygen atoms in total.